The monoisotopic (exact) mass is 259 g/mol. The maximum absolute atomic E-state index is 13.1. The molecule has 0 aliphatic rings. The van der Waals surface area contributed by atoms with E-state index in [2.05, 4.69) is 0 Å². The van der Waals surface area contributed by atoms with E-state index in [9.17, 15) is 13.2 Å². The Morgan fingerprint density at radius 1 is 1.11 bits per heavy atom. The van der Waals surface area contributed by atoms with Gasteiger partial charge in [0.25, 0.3) is 0 Å². The average Bonchev–Trinajstić information content (AvgIpc) is 2.17. The molecule has 0 unspecified atom stereocenters. The van der Waals surface area contributed by atoms with E-state index in [1.807, 2.05) is 27.7 Å². The molecule has 0 heterocycles. The van der Waals surface area contributed by atoms with Gasteiger partial charge >= 0.3 is 6.18 Å². The molecular weight excluding hydrogens is 239 g/mol. The Bertz CT molecular complexity index is 416. The lowest BCUT2D eigenvalue weighted by atomic mass is 10.0. The summed E-state index contributed by atoms with van der Waals surface area (Å²) in [6, 6.07) is 4.50. The van der Waals surface area contributed by atoms with Gasteiger partial charge in [0, 0.05) is 17.8 Å². The lowest BCUT2D eigenvalue weighted by Gasteiger charge is -2.38. The highest BCUT2D eigenvalue weighted by Gasteiger charge is 2.36. The second kappa shape index (κ2) is 4.82. The summed E-state index contributed by atoms with van der Waals surface area (Å²) < 4.78 is 39.3. The van der Waals surface area contributed by atoms with Crippen molar-refractivity contribution in [3.63, 3.8) is 0 Å². The fourth-order valence-electron chi connectivity index (χ4n) is 2.12. The van der Waals surface area contributed by atoms with Gasteiger partial charge in [-0.3, -0.25) is 0 Å². The summed E-state index contributed by atoms with van der Waals surface area (Å²) in [7, 11) is 0. The van der Waals surface area contributed by atoms with Crippen LogP contribution in [0.3, 0.4) is 0 Å². The molecule has 0 amide bonds. The van der Waals surface area contributed by atoms with Crippen molar-refractivity contribution in [3.05, 3.63) is 29.3 Å². The number of benzene rings is 1. The van der Waals surface area contributed by atoms with Gasteiger partial charge in [-0.05, 0) is 46.8 Å². The van der Waals surface area contributed by atoms with Crippen molar-refractivity contribution in [3.8, 4) is 0 Å². The largest absolute Gasteiger partial charge is 0.418 e. The molecule has 1 aromatic carbocycles. The zero-order chi connectivity index (χ0) is 14.1. The first-order chi connectivity index (χ1) is 8.07. The molecule has 0 atom stereocenters. The van der Waals surface area contributed by atoms with Gasteiger partial charge in [-0.25, -0.2) is 0 Å². The lowest BCUT2D eigenvalue weighted by molar-refractivity contribution is -0.137. The summed E-state index contributed by atoms with van der Waals surface area (Å²) >= 11 is 0. The molecule has 0 saturated heterocycles. The van der Waals surface area contributed by atoms with Crippen molar-refractivity contribution in [2.75, 3.05) is 11.4 Å². The third-order valence-corrected chi connectivity index (χ3v) is 2.87. The van der Waals surface area contributed by atoms with Crippen molar-refractivity contribution in [2.45, 2.75) is 46.3 Å². The normalized spacial score (nSPS) is 12.7. The van der Waals surface area contributed by atoms with Crippen molar-refractivity contribution >= 4 is 5.69 Å². The summed E-state index contributed by atoms with van der Waals surface area (Å²) in [4.78, 5) is 1.77. The van der Waals surface area contributed by atoms with Crippen LogP contribution in [0.4, 0.5) is 18.9 Å². The molecule has 1 nitrogen and oxygen atoms in total. The minimum Gasteiger partial charge on any atom is -0.366 e. The average molecular weight is 259 g/mol. The van der Waals surface area contributed by atoms with Crippen LogP contribution in [0, 0.1) is 6.92 Å². The number of alkyl halides is 3. The highest BCUT2D eigenvalue weighted by molar-refractivity contribution is 5.57. The van der Waals surface area contributed by atoms with E-state index in [4.69, 9.17) is 0 Å². The molecule has 0 aliphatic heterocycles. The van der Waals surface area contributed by atoms with Gasteiger partial charge in [0.2, 0.25) is 0 Å². The molecule has 0 aromatic heterocycles. The van der Waals surface area contributed by atoms with Gasteiger partial charge in [0.1, 0.15) is 0 Å². The predicted octanol–water partition coefficient (Wildman–Crippen LogP) is 4.64. The van der Waals surface area contributed by atoms with Gasteiger partial charge in [-0.1, -0.05) is 11.6 Å². The topological polar surface area (TPSA) is 3.24 Å². The molecule has 4 heteroatoms. The van der Waals surface area contributed by atoms with Gasteiger partial charge < -0.3 is 4.90 Å². The standard InChI is InChI=1S/C14H20F3N/c1-6-18(13(3,4)5)12-8-7-10(2)9-11(12)14(15,16)17/h7-9H,6H2,1-5H3. The Hall–Kier alpha value is -1.19. The smallest absolute Gasteiger partial charge is 0.366 e. The first-order valence-corrected chi connectivity index (χ1v) is 6.03. The first-order valence-electron chi connectivity index (χ1n) is 6.03. The van der Waals surface area contributed by atoms with E-state index in [-0.39, 0.29) is 11.2 Å². The van der Waals surface area contributed by atoms with Crippen molar-refractivity contribution < 1.29 is 13.2 Å². The van der Waals surface area contributed by atoms with Crippen LogP contribution in [0.15, 0.2) is 18.2 Å². The van der Waals surface area contributed by atoms with Crippen LogP contribution in [0.1, 0.15) is 38.8 Å². The third-order valence-electron chi connectivity index (χ3n) is 2.87. The van der Waals surface area contributed by atoms with Crippen LogP contribution in [-0.2, 0) is 6.18 Å². The summed E-state index contributed by atoms with van der Waals surface area (Å²) in [6.45, 7) is 9.82. The van der Waals surface area contributed by atoms with E-state index in [1.54, 1.807) is 24.0 Å². The molecule has 0 aliphatic carbocycles. The van der Waals surface area contributed by atoms with E-state index in [1.165, 1.54) is 6.07 Å². The molecule has 0 bridgehead atoms. The van der Waals surface area contributed by atoms with Crippen molar-refractivity contribution in [1.82, 2.24) is 0 Å². The number of hydrogen-bond donors (Lipinski definition) is 0. The molecule has 1 aromatic rings. The molecule has 0 radical (unpaired) electrons. The Labute approximate surface area is 107 Å². The Balaban J connectivity index is 3.40. The predicted molar refractivity (Wildman–Crippen MR) is 69.0 cm³/mol. The number of nitrogens with zero attached hydrogens (tertiary/aromatic N) is 1. The molecular formula is C14H20F3N. The zero-order valence-electron chi connectivity index (χ0n) is 11.5. The van der Waals surface area contributed by atoms with Crippen LogP contribution in [-0.4, -0.2) is 12.1 Å². The Morgan fingerprint density at radius 2 is 1.67 bits per heavy atom. The third kappa shape index (κ3) is 3.18. The SMILES string of the molecule is CCN(c1ccc(C)cc1C(F)(F)F)C(C)(C)C. The van der Waals surface area contributed by atoms with Crippen molar-refractivity contribution in [1.29, 1.82) is 0 Å². The van der Waals surface area contributed by atoms with E-state index in [0.717, 1.165) is 0 Å². The number of hydrogen-bond acceptors (Lipinski definition) is 1. The van der Waals surface area contributed by atoms with Crippen LogP contribution in [0.25, 0.3) is 0 Å². The van der Waals surface area contributed by atoms with Crippen LogP contribution < -0.4 is 4.90 Å². The van der Waals surface area contributed by atoms with E-state index < -0.39 is 11.7 Å². The Morgan fingerprint density at radius 3 is 2.06 bits per heavy atom. The van der Waals surface area contributed by atoms with Gasteiger partial charge in [-0.15, -0.1) is 0 Å². The first kappa shape index (κ1) is 14.9. The van der Waals surface area contributed by atoms with Gasteiger partial charge in [0.15, 0.2) is 0 Å². The van der Waals surface area contributed by atoms with Crippen LogP contribution >= 0.6 is 0 Å². The molecule has 1 rings (SSSR count). The summed E-state index contributed by atoms with van der Waals surface area (Å²) in [5.41, 5.74) is -0.0253. The minimum absolute atomic E-state index is 0.253. The second-order valence-corrected chi connectivity index (χ2v) is 5.43. The molecule has 0 spiro atoms. The highest BCUT2D eigenvalue weighted by atomic mass is 19.4. The molecule has 0 fully saturated rings. The van der Waals surface area contributed by atoms with Crippen LogP contribution in [0.5, 0.6) is 0 Å². The number of anilines is 1. The molecule has 0 N–H and O–H groups in total. The van der Waals surface area contributed by atoms with E-state index in [0.29, 0.717) is 12.1 Å². The zero-order valence-corrected chi connectivity index (χ0v) is 11.5. The molecule has 102 valence electrons. The lowest BCUT2D eigenvalue weighted by Crippen LogP contribution is -2.42. The Kier molecular flexibility index (Phi) is 3.99. The maximum Gasteiger partial charge on any atom is 0.418 e. The number of rotatable bonds is 2. The number of halogens is 3. The fourth-order valence-corrected chi connectivity index (χ4v) is 2.12. The highest BCUT2D eigenvalue weighted by Crippen LogP contribution is 2.39. The summed E-state index contributed by atoms with van der Waals surface area (Å²) in [5, 5.41) is 0. The number of aryl methyl sites for hydroxylation is 1. The van der Waals surface area contributed by atoms with E-state index >= 15 is 0 Å². The summed E-state index contributed by atoms with van der Waals surface area (Å²) in [6.07, 6.45) is -4.32. The molecule has 18 heavy (non-hydrogen) atoms. The second-order valence-electron chi connectivity index (χ2n) is 5.43. The van der Waals surface area contributed by atoms with Gasteiger partial charge in [-0.2, -0.15) is 13.2 Å². The minimum atomic E-state index is -4.32. The maximum atomic E-state index is 13.1. The quantitative estimate of drug-likeness (QED) is 0.748. The van der Waals surface area contributed by atoms with Gasteiger partial charge in [0.05, 0.1) is 5.56 Å². The fraction of sp³-hybridized carbons (Fsp3) is 0.571. The molecule has 0 saturated carbocycles. The van der Waals surface area contributed by atoms with Crippen molar-refractivity contribution in [2.24, 2.45) is 0 Å². The summed E-state index contributed by atoms with van der Waals surface area (Å²) in [5.74, 6) is 0. The van der Waals surface area contributed by atoms with Crippen LogP contribution in [0.2, 0.25) is 0 Å².